The summed E-state index contributed by atoms with van der Waals surface area (Å²) in [6.07, 6.45) is 1.53. The summed E-state index contributed by atoms with van der Waals surface area (Å²) >= 11 is 1.46. The number of amides is 1. The van der Waals surface area contributed by atoms with Crippen molar-refractivity contribution in [2.75, 3.05) is 0 Å². The van der Waals surface area contributed by atoms with Gasteiger partial charge in [0.25, 0.3) is 5.91 Å². The van der Waals surface area contributed by atoms with Crippen molar-refractivity contribution < 1.29 is 19.8 Å². The summed E-state index contributed by atoms with van der Waals surface area (Å²) in [5, 5.41) is 21.2. The molecule has 0 aromatic heterocycles. The van der Waals surface area contributed by atoms with Crippen LogP contribution >= 0.6 is 11.8 Å². The van der Waals surface area contributed by atoms with Crippen molar-refractivity contribution in [1.82, 2.24) is 4.90 Å². The third-order valence-electron chi connectivity index (χ3n) is 4.96. The maximum Gasteiger partial charge on any atom is 0.327 e. The van der Waals surface area contributed by atoms with Gasteiger partial charge in [-0.2, -0.15) is 0 Å². The van der Waals surface area contributed by atoms with E-state index in [9.17, 15) is 19.8 Å². The van der Waals surface area contributed by atoms with Gasteiger partial charge in [0.05, 0.1) is 0 Å². The molecule has 3 unspecified atom stereocenters. The molecule has 2 aliphatic rings. The number of benzene rings is 2. The maximum atomic E-state index is 12.5. The third-order valence-corrected chi connectivity index (χ3v) is 6.52. The number of carbonyl (C=O) groups is 2. The Morgan fingerprint density at radius 3 is 2.73 bits per heavy atom. The second-order valence-corrected chi connectivity index (χ2v) is 8.81. The SMILES string of the molecule is CC1(C)SC2C(N=Cc3c(O)ccc4ccccc34)C(=O)N2C1C(=O)O. The molecular formula is C19H18N2O4S. The van der Waals surface area contributed by atoms with Gasteiger partial charge < -0.3 is 15.1 Å². The van der Waals surface area contributed by atoms with Gasteiger partial charge in [0, 0.05) is 16.5 Å². The Hall–Kier alpha value is -2.54. The number of nitrogens with zero attached hydrogens (tertiary/aromatic N) is 2. The molecule has 2 aromatic carbocycles. The fourth-order valence-electron chi connectivity index (χ4n) is 3.70. The van der Waals surface area contributed by atoms with E-state index >= 15 is 0 Å². The molecular weight excluding hydrogens is 352 g/mol. The largest absolute Gasteiger partial charge is 0.507 e. The highest BCUT2D eigenvalue weighted by Gasteiger charge is 2.63. The first kappa shape index (κ1) is 16.9. The van der Waals surface area contributed by atoms with Crippen LogP contribution < -0.4 is 0 Å². The number of aliphatic imine (C=N–C) groups is 1. The fraction of sp³-hybridized carbons (Fsp3) is 0.316. The maximum absolute atomic E-state index is 12.5. The Balaban J connectivity index is 1.65. The Morgan fingerprint density at radius 1 is 1.27 bits per heavy atom. The quantitative estimate of drug-likeness (QED) is 0.640. The number of hydrogen-bond donors (Lipinski definition) is 2. The van der Waals surface area contributed by atoms with Crippen LogP contribution in [0.3, 0.4) is 0 Å². The number of rotatable bonds is 3. The number of β-lactam (4-membered cyclic amide) rings is 1. The second-order valence-electron chi connectivity index (χ2n) is 7.04. The molecule has 4 rings (SSSR count). The number of aliphatic carboxylic acids is 1. The van der Waals surface area contributed by atoms with Gasteiger partial charge in [0.15, 0.2) is 6.04 Å². The molecule has 0 saturated carbocycles. The van der Waals surface area contributed by atoms with Crippen LogP contribution in [0.2, 0.25) is 0 Å². The first-order chi connectivity index (χ1) is 12.3. The van der Waals surface area contributed by atoms with Gasteiger partial charge in [-0.15, -0.1) is 11.8 Å². The number of carboxylic acid groups (broad SMARTS) is 1. The molecule has 134 valence electrons. The zero-order chi connectivity index (χ0) is 18.6. The Kier molecular flexibility index (Phi) is 3.73. The summed E-state index contributed by atoms with van der Waals surface area (Å²) in [7, 11) is 0. The molecule has 2 N–H and O–H groups in total. The van der Waals surface area contributed by atoms with Crippen LogP contribution in [0.5, 0.6) is 5.75 Å². The van der Waals surface area contributed by atoms with Gasteiger partial charge in [-0.25, -0.2) is 4.79 Å². The van der Waals surface area contributed by atoms with Crippen molar-refractivity contribution in [3.05, 3.63) is 42.0 Å². The van der Waals surface area contributed by atoms with E-state index in [1.54, 1.807) is 6.07 Å². The lowest BCUT2D eigenvalue weighted by molar-refractivity contribution is -0.158. The molecule has 2 heterocycles. The number of carbonyl (C=O) groups excluding carboxylic acids is 1. The predicted octanol–water partition coefficient (Wildman–Crippen LogP) is 2.48. The lowest BCUT2D eigenvalue weighted by Crippen LogP contribution is -2.64. The Labute approximate surface area is 154 Å². The van der Waals surface area contributed by atoms with E-state index < -0.39 is 22.8 Å². The highest BCUT2D eigenvalue weighted by atomic mass is 32.2. The Bertz CT molecular complexity index is 956. The minimum absolute atomic E-state index is 0.0962. The second kappa shape index (κ2) is 5.74. The summed E-state index contributed by atoms with van der Waals surface area (Å²) in [5.41, 5.74) is 0.561. The molecule has 0 spiro atoms. The lowest BCUT2D eigenvalue weighted by atomic mass is 9.96. The predicted molar refractivity (Wildman–Crippen MR) is 101 cm³/mol. The minimum Gasteiger partial charge on any atom is -0.507 e. The first-order valence-corrected chi connectivity index (χ1v) is 9.16. The first-order valence-electron chi connectivity index (χ1n) is 8.28. The number of phenolic OH excluding ortho intramolecular Hbond substituents is 1. The average Bonchev–Trinajstić information content (AvgIpc) is 2.85. The summed E-state index contributed by atoms with van der Waals surface area (Å²) in [5.74, 6) is -1.18. The Morgan fingerprint density at radius 2 is 2.00 bits per heavy atom. The highest BCUT2D eigenvalue weighted by Crippen LogP contribution is 2.51. The van der Waals surface area contributed by atoms with E-state index in [-0.39, 0.29) is 17.0 Å². The summed E-state index contributed by atoms with van der Waals surface area (Å²) in [6.45, 7) is 3.67. The van der Waals surface area contributed by atoms with Crippen LogP contribution in [0, 0.1) is 0 Å². The molecule has 1 amide bonds. The summed E-state index contributed by atoms with van der Waals surface area (Å²) in [4.78, 5) is 29.9. The van der Waals surface area contributed by atoms with E-state index in [2.05, 4.69) is 4.99 Å². The van der Waals surface area contributed by atoms with Crippen LogP contribution in [0.15, 0.2) is 41.4 Å². The van der Waals surface area contributed by atoms with E-state index in [0.717, 1.165) is 10.8 Å². The number of fused-ring (bicyclic) bond motifs is 2. The molecule has 0 aliphatic carbocycles. The van der Waals surface area contributed by atoms with Gasteiger partial charge in [-0.05, 0) is 30.7 Å². The molecule has 7 heteroatoms. The molecule has 0 bridgehead atoms. The van der Waals surface area contributed by atoms with Crippen LogP contribution in [0.25, 0.3) is 10.8 Å². The van der Waals surface area contributed by atoms with Gasteiger partial charge in [0.2, 0.25) is 0 Å². The molecule has 2 saturated heterocycles. The number of phenols is 1. The average molecular weight is 370 g/mol. The van der Waals surface area contributed by atoms with Gasteiger partial charge >= 0.3 is 5.97 Å². The zero-order valence-electron chi connectivity index (χ0n) is 14.3. The molecule has 2 aromatic rings. The van der Waals surface area contributed by atoms with E-state index in [4.69, 9.17) is 0 Å². The smallest absolute Gasteiger partial charge is 0.327 e. The van der Waals surface area contributed by atoms with Crippen molar-refractivity contribution in [3.8, 4) is 5.75 Å². The van der Waals surface area contributed by atoms with Gasteiger partial charge in [-0.1, -0.05) is 30.3 Å². The van der Waals surface area contributed by atoms with Gasteiger partial charge in [0.1, 0.15) is 17.2 Å². The van der Waals surface area contributed by atoms with Crippen LogP contribution in [-0.2, 0) is 9.59 Å². The van der Waals surface area contributed by atoms with Crippen LogP contribution in [0.1, 0.15) is 19.4 Å². The molecule has 2 aliphatic heterocycles. The van der Waals surface area contributed by atoms with E-state index in [1.165, 1.54) is 22.9 Å². The normalized spacial score (nSPS) is 26.9. The van der Waals surface area contributed by atoms with Crippen molar-refractivity contribution in [2.24, 2.45) is 4.99 Å². The summed E-state index contributed by atoms with van der Waals surface area (Å²) < 4.78 is -0.571. The molecule has 3 atom stereocenters. The number of thioether (sulfide) groups is 1. The van der Waals surface area contributed by atoms with Crippen LogP contribution in [-0.4, -0.2) is 55.4 Å². The van der Waals surface area contributed by atoms with Crippen LogP contribution in [0.4, 0.5) is 0 Å². The highest BCUT2D eigenvalue weighted by molar-refractivity contribution is 8.01. The third kappa shape index (κ3) is 2.38. The zero-order valence-corrected chi connectivity index (χ0v) is 15.1. The van der Waals surface area contributed by atoms with Gasteiger partial charge in [-0.3, -0.25) is 9.79 Å². The fourth-order valence-corrected chi connectivity index (χ4v) is 5.32. The van der Waals surface area contributed by atoms with Crippen molar-refractivity contribution in [3.63, 3.8) is 0 Å². The molecule has 6 nitrogen and oxygen atoms in total. The van der Waals surface area contributed by atoms with E-state index in [1.807, 2.05) is 44.2 Å². The summed E-state index contributed by atoms with van der Waals surface area (Å²) in [6, 6.07) is 9.58. The number of hydrogen-bond acceptors (Lipinski definition) is 5. The standard InChI is InChI=1S/C19H18N2O4S/c1-19(2)15(18(24)25)21-16(23)14(17(21)26-19)20-9-12-11-6-4-3-5-10(11)7-8-13(12)22/h3-9,14-15,17,22H,1-2H3,(H,24,25). The van der Waals surface area contributed by atoms with E-state index in [0.29, 0.717) is 5.56 Å². The van der Waals surface area contributed by atoms with Crippen molar-refractivity contribution >= 4 is 40.6 Å². The van der Waals surface area contributed by atoms with Crippen molar-refractivity contribution in [1.29, 1.82) is 0 Å². The lowest BCUT2D eigenvalue weighted by Gasteiger charge is -2.41. The molecule has 26 heavy (non-hydrogen) atoms. The monoisotopic (exact) mass is 370 g/mol. The molecule has 2 fully saturated rings. The van der Waals surface area contributed by atoms with Crippen molar-refractivity contribution in [2.45, 2.75) is 36.1 Å². The number of aromatic hydroxyl groups is 1. The molecule has 0 radical (unpaired) electrons. The number of carboxylic acids is 1. The minimum atomic E-state index is -0.993. The topological polar surface area (TPSA) is 90.2 Å².